The summed E-state index contributed by atoms with van der Waals surface area (Å²) in [6.07, 6.45) is 4.79. The average molecular weight is 572 g/mol. The Morgan fingerprint density at radius 2 is 1.57 bits per heavy atom. The average Bonchev–Trinajstić information content (AvgIpc) is 3.47. The molecule has 222 valence electrons. The predicted octanol–water partition coefficient (Wildman–Crippen LogP) is 6.30. The van der Waals surface area contributed by atoms with Crippen LogP contribution >= 0.6 is 0 Å². The van der Waals surface area contributed by atoms with E-state index in [2.05, 4.69) is 43.5 Å². The topological polar surface area (TPSA) is 117 Å². The molecule has 9 heteroatoms. The predicted molar refractivity (Wildman–Crippen MR) is 163 cm³/mol. The number of rotatable bonds is 8. The first-order valence-electron chi connectivity index (χ1n) is 14.8. The summed E-state index contributed by atoms with van der Waals surface area (Å²) in [6, 6.07) is 18.0. The zero-order valence-corrected chi connectivity index (χ0v) is 24.9. The molecule has 2 bridgehead atoms. The fourth-order valence-electron chi connectivity index (χ4n) is 6.26. The molecule has 3 N–H and O–H groups in total. The van der Waals surface area contributed by atoms with Crippen molar-refractivity contribution in [2.45, 2.75) is 90.1 Å². The molecule has 3 heterocycles. The van der Waals surface area contributed by atoms with Crippen molar-refractivity contribution in [2.75, 3.05) is 10.6 Å². The highest BCUT2D eigenvalue weighted by molar-refractivity contribution is 5.99. The van der Waals surface area contributed by atoms with Crippen LogP contribution < -0.4 is 10.6 Å². The third kappa shape index (κ3) is 6.83. The number of nitrogens with zero attached hydrogens (tertiary/aromatic N) is 3. The van der Waals surface area contributed by atoms with Crippen LogP contribution in [0.1, 0.15) is 76.1 Å². The molecule has 2 aromatic carbocycles. The van der Waals surface area contributed by atoms with Gasteiger partial charge in [-0.25, -0.2) is 9.48 Å². The molecule has 2 aliphatic heterocycles. The maximum absolute atomic E-state index is 13.0. The van der Waals surface area contributed by atoms with Gasteiger partial charge >= 0.3 is 12.0 Å². The van der Waals surface area contributed by atoms with Crippen LogP contribution in [-0.4, -0.2) is 49.8 Å². The number of fused-ring (bicyclic) bond motifs is 2. The third-order valence-electron chi connectivity index (χ3n) is 8.41. The van der Waals surface area contributed by atoms with Crippen LogP contribution in [0.4, 0.5) is 16.3 Å². The molecule has 0 radical (unpaired) electrons. The summed E-state index contributed by atoms with van der Waals surface area (Å²) in [6.45, 7) is 8.32. The molecule has 0 saturated carbocycles. The number of benzene rings is 2. The molecule has 3 amide bonds. The van der Waals surface area contributed by atoms with Crippen molar-refractivity contribution >= 4 is 29.4 Å². The number of urea groups is 1. The van der Waals surface area contributed by atoms with E-state index in [0.717, 1.165) is 49.0 Å². The van der Waals surface area contributed by atoms with Crippen molar-refractivity contribution in [1.82, 2.24) is 14.7 Å². The normalized spacial score (nSPS) is 19.9. The first-order valence-corrected chi connectivity index (χ1v) is 14.8. The number of hydrogen-bond donors (Lipinski definition) is 3. The number of anilines is 2. The van der Waals surface area contributed by atoms with Crippen LogP contribution in [-0.2, 0) is 21.4 Å². The van der Waals surface area contributed by atoms with Gasteiger partial charge in [0, 0.05) is 35.7 Å². The summed E-state index contributed by atoms with van der Waals surface area (Å²) in [7, 11) is 0. The van der Waals surface area contributed by atoms with Crippen LogP contribution in [0.3, 0.4) is 0 Å². The zero-order valence-electron chi connectivity index (χ0n) is 24.9. The van der Waals surface area contributed by atoms with Gasteiger partial charge in [0.05, 0.1) is 17.8 Å². The second-order valence-corrected chi connectivity index (χ2v) is 12.8. The number of piperidine rings is 1. The lowest BCUT2D eigenvalue weighted by Crippen LogP contribution is -2.47. The lowest BCUT2D eigenvalue weighted by atomic mass is 9.85. The van der Waals surface area contributed by atoms with E-state index in [-0.39, 0.29) is 42.3 Å². The molecule has 9 nitrogen and oxygen atoms in total. The van der Waals surface area contributed by atoms with E-state index in [1.807, 2.05) is 54.3 Å². The van der Waals surface area contributed by atoms with Crippen molar-refractivity contribution in [1.29, 1.82) is 0 Å². The van der Waals surface area contributed by atoms with Gasteiger partial charge in [-0.2, -0.15) is 5.10 Å². The first-order chi connectivity index (χ1) is 20.0. The second kappa shape index (κ2) is 12.0. The SMILES string of the molecule is Cc1ccc(-n2nc(C(C)(C)C)cc2NC(=O)Nc2ccc(CC3CC4CCC(C3)N4C(=O)CCC(=O)O)cc2)cc1. The lowest BCUT2D eigenvalue weighted by Gasteiger charge is -2.39. The summed E-state index contributed by atoms with van der Waals surface area (Å²) in [5, 5.41) is 19.6. The molecule has 42 heavy (non-hydrogen) atoms. The quantitative estimate of drug-likeness (QED) is 0.293. The van der Waals surface area contributed by atoms with Crippen molar-refractivity contribution in [2.24, 2.45) is 5.92 Å². The van der Waals surface area contributed by atoms with Gasteiger partial charge in [0.25, 0.3) is 0 Å². The van der Waals surface area contributed by atoms with E-state index in [0.29, 0.717) is 17.4 Å². The lowest BCUT2D eigenvalue weighted by molar-refractivity contribution is -0.143. The number of aryl methyl sites for hydroxylation is 1. The Balaban J connectivity index is 1.18. The summed E-state index contributed by atoms with van der Waals surface area (Å²) in [5.74, 6) is 0.130. The maximum Gasteiger partial charge on any atom is 0.324 e. The van der Waals surface area contributed by atoms with Gasteiger partial charge in [-0.05, 0) is 74.8 Å². The number of carbonyl (C=O) groups is 3. The van der Waals surface area contributed by atoms with E-state index in [9.17, 15) is 14.4 Å². The number of carboxylic acid groups (broad SMARTS) is 1. The minimum atomic E-state index is -0.926. The minimum absolute atomic E-state index is 0.0198. The molecule has 2 atom stereocenters. The Morgan fingerprint density at radius 1 is 0.929 bits per heavy atom. The monoisotopic (exact) mass is 571 g/mol. The molecule has 1 aromatic heterocycles. The van der Waals surface area contributed by atoms with Crippen LogP contribution in [0, 0.1) is 12.8 Å². The van der Waals surface area contributed by atoms with E-state index < -0.39 is 5.97 Å². The molecule has 2 fully saturated rings. The number of aromatic nitrogens is 2. The molecule has 3 aromatic rings. The van der Waals surface area contributed by atoms with Gasteiger partial charge in [-0.15, -0.1) is 0 Å². The number of aliphatic carboxylic acids is 1. The van der Waals surface area contributed by atoms with Gasteiger partial charge in [-0.1, -0.05) is 50.6 Å². The first kappa shape index (κ1) is 29.4. The van der Waals surface area contributed by atoms with E-state index in [1.165, 1.54) is 5.56 Å². The smallest absolute Gasteiger partial charge is 0.324 e. The van der Waals surface area contributed by atoms with Crippen molar-refractivity contribution in [3.63, 3.8) is 0 Å². The molecule has 2 saturated heterocycles. The molecular formula is C33H41N5O4. The molecule has 5 rings (SSSR count). The van der Waals surface area contributed by atoms with Gasteiger partial charge in [-0.3, -0.25) is 14.9 Å². The van der Waals surface area contributed by atoms with Crippen LogP contribution in [0.2, 0.25) is 0 Å². The second-order valence-electron chi connectivity index (χ2n) is 12.8. The molecule has 0 aliphatic carbocycles. The number of amides is 3. The Kier molecular flexibility index (Phi) is 8.38. The van der Waals surface area contributed by atoms with Gasteiger partial charge in [0.2, 0.25) is 5.91 Å². The summed E-state index contributed by atoms with van der Waals surface area (Å²) in [4.78, 5) is 38.5. The summed E-state index contributed by atoms with van der Waals surface area (Å²) in [5.41, 5.74) is 4.63. The molecule has 2 aliphatic rings. The Hall–Kier alpha value is -4.14. The Morgan fingerprint density at radius 3 is 2.17 bits per heavy atom. The standard InChI is InChI=1S/C33H41N5O4/c1-21-5-11-25(12-6-21)38-29(20-28(36-38)33(2,3)4)35-32(42)34-24-9-7-22(8-10-24)17-23-18-26-13-14-27(19-23)37(26)30(39)15-16-31(40)41/h5-12,20,23,26-27H,13-19H2,1-4H3,(H,40,41)(H2,34,35,42). The zero-order chi connectivity index (χ0) is 30.0. The largest absolute Gasteiger partial charge is 0.481 e. The van der Waals surface area contributed by atoms with Crippen LogP contribution in [0.25, 0.3) is 5.69 Å². The van der Waals surface area contributed by atoms with Crippen molar-refractivity contribution in [3.05, 3.63) is 71.4 Å². The fourth-order valence-corrected chi connectivity index (χ4v) is 6.26. The fraction of sp³-hybridized carbons (Fsp3) is 0.455. The number of carboxylic acids is 1. The number of hydrogen-bond acceptors (Lipinski definition) is 4. The summed E-state index contributed by atoms with van der Waals surface area (Å²) >= 11 is 0. The highest BCUT2D eigenvalue weighted by Crippen LogP contribution is 2.40. The molecule has 2 unspecified atom stereocenters. The van der Waals surface area contributed by atoms with Crippen LogP contribution in [0.15, 0.2) is 54.6 Å². The number of carbonyl (C=O) groups excluding carboxylic acids is 2. The van der Waals surface area contributed by atoms with Gasteiger partial charge in [0.1, 0.15) is 5.82 Å². The van der Waals surface area contributed by atoms with Crippen molar-refractivity contribution in [3.8, 4) is 5.69 Å². The number of nitrogens with one attached hydrogen (secondary N) is 2. The maximum atomic E-state index is 13.0. The van der Waals surface area contributed by atoms with Crippen LogP contribution in [0.5, 0.6) is 0 Å². The molecule has 0 spiro atoms. The minimum Gasteiger partial charge on any atom is -0.481 e. The highest BCUT2D eigenvalue weighted by Gasteiger charge is 2.42. The summed E-state index contributed by atoms with van der Waals surface area (Å²) < 4.78 is 1.76. The van der Waals surface area contributed by atoms with E-state index >= 15 is 0 Å². The third-order valence-corrected chi connectivity index (χ3v) is 8.41. The van der Waals surface area contributed by atoms with E-state index in [1.54, 1.807) is 4.68 Å². The molecular weight excluding hydrogens is 530 g/mol. The Bertz CT molecular complexity index is 1420. The van der Waals surface area contributed by atoms with Crippen molar-refractivity contribution < 1.29 is 19.5 Å². The van der Waals surface area contributed by atoms with Gasteiger partial charge in [0.15, 0.2) is 0 Å². The Labute approximate surface area is 247 Å². The van der Waals surface area contributed by atoms with E-state index in [4.69, 9.17) is 10.2 Å². The van der Waals surface area contributed by atoms with Gasteiger partial charge < -0.3 is 15.3 Å². The highest BCUT2D eigenvalue weighted by atomic mass is 16.4.